The van der Waals surface area contributed by atoms with Gasteiger partial charge in [0.25, 0.3) is 5.91 Å². The van der Waals surface area contributed by atoms with Gasteiger partial charge in [-0.25, -0.2) is 0 Å². The van der Waals surface area contributed by atoms with E-state index >= 15 is 0 Å². The van der Waals surface area contributed by atoms with Crippen LogP contribution in [-0.2, 0) is 19.1 Å². The largest absolute Gasteiger partial charge is 0.497 e. The zero-order valence-corrected chi connectivity index (χ0v) is 26.7. The van der Waals surface area contributed by atoms with Crippen LogP contribution in [0.4, 0.5) is 5.69 Å². The molecule has 1 aromatic heterocycles. The lowest BCUT2D eigenvalue weighted by Crippen LogP contribution is -2.43. The van der Waals surface area contributed by atoms with Crippen LogP contribution in [0.1, 0.15) is 22.8 Å². The van der Waals surface area contributed by atoms with Crippen LogP contribution in [0.2, 0.25) is 5.02 Å². The number of thioether (sulfide) groups is 1. The Kier molecular flexibility index (Phi) is 7.23. The number of hydrogen-bond donors (Lipinski definition) is 1. The highest BCUT2D eigenvalue weighted by molar-refractivity contribution is 8.00. The van der Waals surface area contributed by atoms with Crippen LogP contribution in [0.3, 0.4) is 0 Å². The van der Waals surface area contributed by atoms with Gasteiger partial charge in [-0.05, 0) is 66.6 Å². The smallest absolute Gasteiger partial charge is 0.305 e. The molecule has 7 atom stereocenters. The minimum atomic E-state index is -0.447. The van der Waals surface area contributed by atoms with Gasteiger partial charge in [0.1, 0.15) is 11.5 Å². The van der Waals surface area contributed by atoms with Crippen molar-refractivity contribution in [1.29, 1.82) is 0 Å². The molecule has 2 aromatic carbocycles. The number of halogens is 1. The quantitative estimate of drug-likeness (QED) is 0.392. The van der Waals surface area contributed by atoms with Crippen molar-refractivity contribution in [1.82, 2.24) is 9.88 Å². The number of amides is 3. The number of carbonyl (C=O) groups excluding carboxylic acids is 3. The van der Waals surface area contributed by atoms with Gasteiger partial charge in [-0.15, -0.1) is 11.8 Å². The Morgan fingerprint density at radius 1 is 1.04 bits per heavy atom. The predicted molar refractivity (Wildman–Crippen MR) is 168 cm³/mol. The van der Waals surface area contributed by atoms with E-state index in [9.17, 15) is 19.2 Å². The zero-order chi connectivity index (χ0) is 31.0. The highest BCUT2D eigenvalue weighted by Gasteiger charge is 2.69. The van der Waals surface area contributed by atoms with Crippen LogP contribution in [0.5, 0.6) is 11.5 Å². The molecule has 0 radical (unpaired) electrons. The Hall–Kier alpha value is -3.32. The van der Waals surface area contributed by atoms with E-state index in [1.165, 1.54) is 4.90 Å². The Morgan fingerprint density at radius 2 is 1.78 bits per heavy atom. The molecular weight excluding hydrogens is 638 g/mol. The van der Waals surface area contributed by atoms with Crippen LogP contribution in [0.25, 0.3) is 0 Å². The van der Waals surface area contributed by atoms with Crippen molar-refractivity contribution in [3.8, 4) is 11.5 Å². The molecule has 1 N–H and O–H groups in total. The number of hydrogen-bond acceptors (Lipinski definition) is 9. The number of imide groups is 1. The lowest BCUT2D eigenvalue weighted by Gasteiger charge is -2.43. The molecule has 2 aliphatic carbocycles. The molecule has 2 bridgehead atoms. The van der Waals surface area contributed by atoms with Crippen molar-refractivity contribution in [3.05, 3.63) is 67.6 Å². The second-order valence-corrected chi connectivity index (χ2v) is 14.8. The lowest BCUT2D eigenvalue weighted by molar-refractivity contribution is -0.137. The average molecular weight is 668 g/mol. The van der Waals surface area contributed by atoms with Gasteiger partial charge in [-0.1, -0.05) is 22.9 Å². The van der Waals surface area contributed by atoms with E-state index in [0.29, 0.717) is 48.5 Å². The number of rotatable bonds is 6. The van der Waals surface area contributed by atoms with Gasteiger partial charge in [0.15, 0.2) is 6.61 Å². The number of nitrogens with zero attached hydrogens (tertiary/aromatic N) is 2. The number of aromatic nitrogens is 1. The summed E-state index contributed by atoms with van der Waals surface area (Å²) in [6.07, 6.45) is 0.757. The minimum absolute atomic E-state index is 0.00776. The van der Waals surface area contributed by atoms with E-state index in [4.69, 9.17) is 25.8 Å². The van der Waals surface area contributed by atoms with E-state index in [1.54, 1.807) is 60.2 Å². The van der Waals surface area contributed by atoms with Gasteiger partial charge < -0.3 is 24.1 Å². The molecule has 2 saturated carbocycles. The summed E-state index contributed by atoms with van der Waals surface area (Å²) in [5.74, 6) is -0.571. The number of carbonyl (C=O) groups is 3. The molecule has 45 heavy (non-hydrogen) atoms. The molecule has 2 saturated heterocycles. The summed E-state index contributed by atoms with van der Waals surface area (Å²) in [5, 5.41) is 1.31. The fourth-order valence-electron chi connectivity index (χ4n) is 8.29. The van der Waals surface area contributed by atoms with Gasteiger partial charge in [-0.3, -0.25) is 24.1 Å². The third-order valence-corrected chi connectivity index (χ3v) is 12.9. The molecule has 10 nitrogen and oxygen atoms in total. The number of methoxy groups -OCH3 is 1. The molecule has 0 spiro atoms. The number of nitrogens with one attached hydrogen (secondary N) is 1. The predicted octanol–water partition coefficient (Wildman–Crippen LogP) is 4.01. The van der Waals surface area contributed by atoms with Crippen LogP contribution < -0.4 is 19.2 Å². The van der Waals surface area contributed by atoms with Crippen molar-refractivity contribution in [2.24, 2.45) is 29.6 Å². The highest BCUT2D eigenvalue weighted by Crippen LogP contribution is 2.69. The van der Waals surface area contributed by atoms with Gasteiger partial charge in [0, 0.05) is 39.7 Å². The molecule has 8 rings (SSSR count). The van der Waals surface area contributed by atoms with E-state index in [-0.39, 0.29) is 58.1 Å². The Balaban J connectivity index is 1.15. The molecule has 13 heteroatoms. The third-order valence-electron chi connectivity index (χ3n) is 10.1. The number of thiazole rings is 1. The first-order valence-electron chi connectivity index (χ1n) is 15.0. The number of aromatic amines is 1. The third kappa shape index (κ3) is 4.63. The second-order valence-electron chi connectivity index (χ2n) is 12.1. The van der Waals surface area contributed by atoms with Gasteiger partial charge in [0.2, 0.25) is 11.8 Å². The summed E-state index contributed by atoms with van der Waals surface area (Å²) in [6, 6.07) is 12.4. The number of fused-ring (bicyclic) bond motifs is 9. The number of anilines is 1. The van der Waals surface area contributed by atoms with Crippen LogP contribution in [0, 0.1) is 29.6 Å². The zero-order valence-electron chi connectivity index (χ0n) is 24.3. The molecule has 0 unspecified atom stereocenters. The van der Waals surface area contributed by atoms with Gasteiger partial charge >= 0.3 is 4.87 Å². The highest BCUT2D eigenvalue weighted by atomic mass is 35.5. The Morgan fingerprint density at radius 3 is 2.51 bits per heavy atom. The monoisotopic (exact) mass is 667 g/mol. The number of ether oxygens (including phenoxy) is 3. The number of morpholine rings is 1. The number of benzene rings is 2. The first-order valence-corrected chi connectivity index (χ1v) is 17.1. The van der Waals surface area contributed by atoms with Gasteiger partial charge in [0.05, 0.1) is 42.9 Å². The fourth-order valence-corrected chi connectivity index (χ4v) is 11.3. The van der Waals surface area contributed by atoms with Crippen LogP contribution in [0.15, 0.2) is 52.3 Å². The summed E-state index contributed by atoms with van der Waals surface area (Å²) in [7, 11) is 1.57. The van der Waals surface area contributed by atoms with Crippen LogP contribution in [-0.4, -0.2) is 72.9 Å². The Bertz CT molecular complexity index is 1750. The van der Waals surface area contributed by atoms with E-state index in [1.807, 2.05) is 6.07 Å². The molecular formula is C32H30ClN3O7S2. The van der Waals surface area contributed by atoms with Crippen molar-refractivity contribution in [2.45, 2.75) is 22.6 Å². The maximum atomic E-state index is 14.1. The SMILES string of the molecule is COc1ccc(N2C(=O)[C@H]3[C@H]4C[C@@H]([C@@H]3C2=O)[C@@H]2[C@H](c3cc(Cl)ccc3OCC(=O)N3CCOCC3)c3sc(=O)[nH]c3S[C@H]42)cc1. The van der Waals surface area contributed by atoms with Crippen molar-refractivity contribution in [3.63, 3.8) is 0 Å². The van der Waals surface area contributed by atoms with Crippen LogP contribution >= 0.6 is 34.7 Å². The number of H-pyrrole nitrogens is 1. The van der Waals surface area contributed by atoms with E-state index in [0.717, 1.165) is 33.2 Å². The molecule has 234 valence electrons. The summed E-state index contributed by atoms with van der Waals surface area (Å²) in [5.41, 5.74) is 1.34. The molecule has 3 aliphatic heterocycles. The Labute approximate surface area is 272 Å². The van der Waals surface area contributed by atoms with Gasteiger partial charge in [-0.2, -0.15) is 0 Å². The van der Waals surface area contributed by atoms with Crippen molar-refractivity contribution in [2.75, 3.05) is 44.9 Å². The molecule has 4 heterocycles. The van der Waals surface area contributed by atoms with Crippen molar-refractivity contribution >= 4 is 58.1 Å². The minimum Gasteiger partial charge on any atom is -0.497 e. The summed E-state index contributed by atoms with van der Waals surface area (Å²) >= 11 is 9.37. The lowest BCUT2D eigenvalue weighted by atomic mass is 9.68. The average Bonchev–Trinajstić information content (AvgIpc) is 3.79. The fraction of sp³-hybridized carbons (Fsp3) is 0.438. The standard InChI is InChI=1S/C32H30ClN3O7S2/c1-41-17-5-3-16(4-6-17)36-30(38)25-19-13-20(26(25)31(36)39)27-24(19)23(28-29(44-27)34-32(40)45-28)18-12-15(33)2-7-21(18)43-14-22(37)35-8-10-42-11-9-35/h2-7,12,19-20,23-27H,8-11,13-14H2,1H3,(H,34,40)/t19-,20-,23+,24-,25+,26+,27-/m1/s1. The second kappa shape index (κ2) is 11.2. The maximum absolute atomic E-state index is 14.1. The maximum Gasteiger partial charge on any atom is 0.305 e. The summed E-state index contributed by atoms with van der Waals surface area (Å²) in [6.45, 7) is 1.90. The van der Waals surface area contributed by atoms with E-state index < -0.39 is 11.8 Å². The first kappa shape index (κ1) is 29.1. The molecule has 4 fully saturated rings. The van der Waals surface area contributed by atoms with E-state index in [2.05, 4.69) is 4.98 Å². The molecule has 5 aliphatic rings. The molecule has 3 aromatic rings. The molecule has 3 amide bonds. The normalized spacial score (nSPS) is 29.9. The summed E-state index contributed by atoms with van der Waals surface area (Å²) < 4.78 is 16.9. The summed E-state index contributed by atoms with van der Waals surface area (Å²) in [4.78, 5) is 60.5. The first-order chi connectivity index (χ1) is 21.8. The van der Waals surface area contributed by atoms with Crippen molar-refractivity contribution < 1.29 is 28.6 Å². The topological polar surface area (TPSA) is 118 Å².